The summed E-state index contributed by atoms with van der Waals surface area (Å²) in [5, 5.41) is 18.5. The van der Waals surface area contributed by atoms with Gasteiger partial charge in [-0.1, -0.05) is 0 Å². The SMILES string of the molecule is Nc1ccn([C@@]2(C(F)(F)F)C[C@H](O)[C@@H](CO)O2)c(=O)n1. The number of nitrogen functional groups attached to an aromatic ring is 1. The summed E-state index contributed by atoms with van der Waals surface area (Å²) < 4.78 is 44.9. The Morgan fingerprint density at radius 1 is 1.60 bits per heavy atom. The second-order valence-electron chi connectivity index (χ2n) is 4.40. The van der Waals surface area contributed by atoms with Crippen LogP contribution in [0.1, 0.15) is 6.42 Å². The van der Waals surface area contributed by atoms with Crippen molar-refractivity contribution in [1.82, 2.24) is 9.55 Å². The molecule has 7 nitrogen and oxygen atoms in total. The molecule has 0 aromatic carbocycles. The zero-order valence-electron chi connectivity index (χ0n) is 10.0. The molecule has 10 heteroatoms. The maximum absolute atomic E-state index is 13.3. The van der Waals surface area contributed by atoms with Gasteiger partial charge in [0.05, 0.1) is 12.7 Å². The molecule has 1 aliphatic heterocycles. The number of alkyl halides is 3. The van der Waals surface area contributed by atoms with Gasteiger partial charge in [0.15, 0.2) is 0 Å². The lowest BCUT2D eigenvalue weighted by atomic mass is 10.1. The molecule has 0 saturated carbocycles. The molecule has 112 valence electrons. The van der Waals surface area contributed by atoms with Crippen molar-refractivity contribution in [1.29, 1.82) is 0 Å². The third-order valence-electron chi connectivity index (χ3n) is 3.10. The lowest BCUT2D eigenvalue weighted by Gasteiger charge is -2.32. The first-order valence-corrected chi connectivity index (χ1v) is 5.60. The highest BCUT2D eigenvalue weighted by atomic mass is 19.4. The van der Waals surface area contributed by atoms with E-state index in [0.717, 1.165) is 12.3 Å². The summed E-state index contributed by atoms with van der Waals surface area (Å²) in [5.74, 6) is -0.235. The van der Waals surface area contributed by atoms with Gasteiger partial charge in [-0.25, -0.2) is 4.79 Å². The van der Waals surface area contributed by atoms with Crippen molar-refractivity contribution < 1.29 is 28.1 Å². The van der Waals surface area contributed by atoms with Crippen LogP contribution in [0.3, 0.4) is 0 Å². The molecule has 1 saturated heterocycles. The molecular formula is C10H12F3N3O4. The van der Waals surface area contributed by atoms with Gasteiger partial charge < -0.3 is 20.7 Å². The van der Waals surface area contributed by atoms with E-state index in [4.69, 9.17) is 15.6 Å². The van der Waals surface area contributed by atoms with E-state index in [1.807, 2.05) is 0 Å². The van der Waals surface area contributed by atoms with E-state index in [2.05, 4.69) is 4.98 Å². The van der Waals surface area contributed by atoms with Crippen LogP contribution >= 0.6 is 0 Å². The number of rotatable bonds is 2. The number of aromatic nitrogens is 2. The largest absolute Gasteiger partial charge is 0.437 e. The number of hydrogen-bond acceptors (Lipinski definition) is 6. The fraction of sp³-hybridized carbons (Fsp3) is 0.600. The molecule has 1 aliphatic rings. The highest BCUT2D eigenvalue weighted by molar-refractivity contribution is 5.24. The number of aliphatic hydroxyl groups excluding tert-OH is 2. The van der Waals surface area contributed by atoms with E-state index in [1.165, 1.54) is 0 Å². The summed E-state index contributed by atoms with van der Waals surface area (Å²) in [5.41, 5.74) is 0.895. The minimum absolute atomic E-state index is 0.224. The minimum atomic E-state index is -4.99. The molecular weight excluding hydrogens is 283 g/mol. The zero-order valence-corrected chi connectivity index (χ0v) is 10.0. The van der Waals surface area contributed by atoms with Crippen LogP contribution in [0.25, 0.3) is 0 Å². The normalized spacial score (nSPS) is 30.6. The highest BCUT2D eigenvalue weighted by Crippen LogP contribution is 2.46. The summed E-state index contributed by atoms with van der Waals surface area (Å²) in [6.45, 7) is -0.809. The average molecular weight is 295 g/mol. The lowest BCUT2D eigenvalue weighted by molar-refractivity contribution is -0.312. The number of nitrogens with zero attached hydrogens (tertiary/aromatic N) is 2. The van der Waals surface area contributed by atoms with Gasteiger partial charge in [-0.3, -0.25) is 4.57 Å². The Labute approximate surface area is 110 Å². The van der Waals surface area contributed by atoms with Crippen LogP contribution in [0.15, 0.2) is 17.1 Å². The van der Waals surface area contributed by atoms with E-state index in [-0.39, 0.29) is 10.4 Å². The molecule has 2 heterocycles. The summed E-state index contributed by atoms with van der Waals surface area (Å²) in [6, 6.07) is 1.01. The first kappa shape index (κ1) is 14.8. The van der Waals surface area contributed by atoms with E-state index >= 15 is 0 Å². The van der Waals surface area contributed by atoms with Gasteiger partial charge in [-0.05, 0) is 6.07 Å². The maximum Gasteiger partial charge on any atom is 0.437 e. The van der Waals surface area contributed by atoms with Crippen molar-refractivity contribution in [2.45, 2.75) is 30.5 Å². The van der Waals surface area contributed by atoms with Crippen LogP contribution < -0.4 is 11.4 Å². The van der Waals surface area contributed by atoms with E-state index in [9.17, 15) is 23.1 Å². The van der Waals surface area contributed by atoms with Crippen LogP contribution in [0.2, 0.25) is 0 Å². The number of ether oxygens (including phenoxy) is 1. The molecule has 2 rings (SSSR count). The molecule has 0 unspecified atom stereocenters. The molecule has 0 aliphatic carbocycles. The van der Waals surface area contributed by atoms with E-state index in [0.29, 0.717) is 0 Å². The number of halogens is 3. The Morgan fingerprint density at radius 3 is 2.70 bits per heavy atom. The Hall–Kier alpha value is -1.65. The van der Waals surface area contributed by atoms with Crippen molar-refractivity contribution >= 4 is 5.82 Å². The molecule has 20 heavy (non-hydrogen) atoms. The highest BCUT2D eigenvalue weighted by Gasteiger charge is 2.64. The zero-order chi connectivity index (χ0) is 15.1. The first-order chi connectivity index (χ1) is 9.21. The number of anilines is 1. The van der Waals surface area contributed by atoms with Gasteiger partial charge in [-0.2, -0.15) is 18.2 Å². The summed E-state index contributed by atoms with van der Waals surface area (Å²) >= 11 is 0. The Morgan fingerprint density at radius 2 is 2.25 bits per heavy atom. The second kappa shape index (κ2) is 4.72. The molecule has 0 radical (unpaired) electrons. The standard InChI is InChI=1S/C10H12F3N3O4/c11-10(12,13)9(3-5(18)6(4-17)20-9)16-2-1-7(14)15-8(16)19/h1-2,5-6,17-18H,3-4H2,(H2,14,15,19)/t5-,6+,9-/m0/s1. The average Bonchev–Trinajstić information content (AvgIpc) is 2.66. The van der Waals surface area contributed by atoms with Gasteiger partial charge in [0.2, 0.25) is 5.72 Å². The van der Waals surface area contributed by atoms with Gasteiger partial charge >= 0.3 is 11.9 Å². The summed E-state index contributed by atoms with van der Waals surface area (Å²) in [4.78, 5) is 14.8. The molecule has 0 amide bonds. The quantitative estimate of drug-likeness (QED) is 0.657. The van der Waals surface area contributed by atoms with Crippen LogP contribution in [-0.4, -0.2) is 44.8 Å². The Kier molecular flexibility index (Phi) is 3.48. The Bertz CT molecular complexity index is 561. The second-order valence-corrected chi connectivity index (χ2v) is 4.40. The predicted molar refractivity (Wildman–Crippen MR) is 59.5 cm³/mol. The van der Waals surface area contributed by atoms with Crippen LogP contribution in [-0.2, 0) is 10.5 Å². The van der Waals surface area contributed by atoms with Crippen molar-refractivity contribution in [2.75, 3.05) is 12.3 Å². The fourth-order valence-corrected chi connectivity index (χ4v) is 2.12. The van der Waals surface area contributed by atoms with Crippen LogP contribution in [0.4, 0.5) is 19.0 Å². The Balaban J connectivity index is 2.58. The lowest BCUT2D eigenvalue weighted by Crippen LogP contribution is -2.52. The van der Waals surface area contributed by atoms with Gasteiger partial charge in [0, 0.05) is 12.6 Å². The molecule has 0 spiro atoms. The van der Waals surface area contributed by atoms with Gasteiger partial charge in [-0.15, -0.1) is 0 Å². The van der Waals surface area contributed by atoms with Crippen molar-refractivity contribution in [3.8, 4) is 0 Å². The summed E-state index contributed by atoms with van der Waals surface area (Å²) in [7, 11) is 0. The smallest absolute Gasteiger partial charge is 0.394 e. The minimum Gasteiger partial charge on any atom is -0.394 e. The molecule has 0 bridgehead atoms. The fourth-order valence-electron chi connectivity index (χ4n) is 2.12. The van der Waals surface area contributed by atoms with Crippen LogP contribution in [0.5, 0.6) is 0 Å². The topological polar surface area (TPSA) is 111 Å². The molecule has 1 aromatic rings. The molecule has 1 fully saturated rings. The van der Waals surface area contributed by atoms with E-state index in [1.54, 1.807) is 0 Å². The van der Waals surface area contributed by atoms with E-state index < -0.39 is 42.8 Å². The first-order valence-electron chi connectivity index (χ1n) is 5.60. The van der Waals surface area contributed by atoms with Gasteiger partial charge in [0.1, 0.15) is 11.9 Å². The third-order valence-corrected chi connectivity index (χ3v) is 3.10. The number of hydrogen-bond donors (Lipinski definition) is 3. The third kappa shape index (κ3) is 2.15. The number of nitrogens with two attached hydrogens (primary N) is 1. The van der Waals surface area contributed by atoms with Crippen molar-refractivity contribution in [3.05, 3.63) is 22.7 Å². The van der Waals surface area contributed by atoms with Crippen LogP contribution in [0, 0.1) is 0 Å². The van der Waals surface area contributed by atoms with Gasteiger partial charge in [0.25, 0.3) is 0 Å². The molecule has 3 atom stereocenters. The predicted octanol–water partition coefficient (Wildman–Crippen LogP) is -0.817. The summed E-state index contributed by atoms with van der Waals surface area (Å²) in [6.07, 6.45) is -8.12. The molecule has 4 N–H and O–H groups in total. The van der Waals surface area contributed by atoms with Crippen molar-refractivity contribution in [2.24, 2.45) is 0 Å². The number of aliphatic hydroxyl groups is 2. The van der Waals surface area contributed by atoms with Crippen molar-refractivity contribution in [3.63, 3.8) is 0 Å². The molecule has 1 aromatic heterocycles. The monoisotopic (exact) mass is 295 g/mol. The maximum atomic E-state index is 13.3.